The van der Waals surface area contributed by atoms with E-state index >= 15 is 0 Å². The topological polar surface area (TPSA) is 54.4 Å². The maximum atomic E-state index is 11.7. The third-order valence-corrected chi connectivity index (χ3v) is 3.23. The Kier molecular flexibility index (Phi) is 3.84. The van der Waals surface area contributed by atoms with Crippen molar-refractivity contribution in [2.75, 3.05) is 0 Å². The predicted octanol–water partition coefficient (Wildman–Crippen LogP) is 2.52. The van der Waals surface area contributed by atoms with E-state index in [9.17, 15) is 4.79 Å². The van der Waals surface area contributed by atoms with Crippen LogP contribution in [0.5, 0.6) is 0 Å². The molecule has 0 unspecified atom stereocenters. The fourth-order valence-corrected chi connectivity index (χ4v) is 2.09. The van der Waals surface area contributed by atoms with Gasteiger partial charge in [0, 0.05) is 21.6 Å². The molecule has 1 N–H and O–H groups in total. The van der Waals surface area contributed by atoms with E-state index < -0.39 is 0 Å². The van der Waals surface area contributed by atoms with E-state index in [-0.39, 0.29) is 5.91 Å². The Morgan fingerprint density at radius 3 is 2.78 bits per heavy atom. The summed E-state index contributed by atoms with van der Waals surface area (Å²) in [6.07, 6.45) is 3.17. The summed E-state index contributed by atoms with van der Waals surface area (Å²) in [5, 5.41) is 3.91. The Labute approximate surface area is 109 Å². The van der Waals surface area contributed by atoms with Gasteiger partial charge in [0.2, 0.25) is 0 Å². The van der Waals surface area contributed by atoms with E-state index in [1.807, 2.05) is 26.0 Å². The number of nitrogens with one attached hydrogen (secondary N) is 1. The van der Waals surface area contributed by atoms with Crippen molar-refractivity contribution in [3.05, 3.63) is 51.5 Å². The van der Waals surface area contributed by atoms with Gasteiger partial charge in [-0.05, 0) is 38.1 Å². The SMILES string of the molecule is Cc1ccc(C(=O)N/N=C/c2ccc(C)s2)cn1. The summed E-state index contributed by atoms with van der Waals surface area (Å²) in [6.45, 7) is 3.90. The molecule has 0 aliphatic rings. The zero-order chi connectivity index (χ0) is 13.0. The molecule has 1 amide bonds. The van der Waals surface area contributed by atoms with Gasteiger partial charge in [-0.1, -0.05) is 0 Å². The van der Waals surface area contributed by atoms with E-state index in [4.69, 9.17) is 0 Å². The molecule has 2 aromatic rings. The molecule has 0 atom stereocenters. The first kappa shape index (κ1) is 12.4. The average molecular weight is 259 g/mol. The molecule has 4 nitrogen and oxygen atoms in total. The second-order valence-corrected chi connectivity index (χ2v) is 5.16. The molecule has 18 heavy (non-hydrogen) atoms. The Bertz CT molecular complexity index is 572. The molecule has 0 radical (unpaired) electrons. The molecule has 2 aromatic heterocycles. The van der Waals surface area contributed by atoms with E-state index in [0.717, 1.165) is 10.6 Å². The zero-order valence-electron chi connectivity index (χ0n) is 10.2. The highest BCUT2D eigenvalue weighted by Crippen LogP contribution is 2.12. The van der Waals surface area contributed by atoms with Crippen LogP contribution in [0.3, 0.4) is 0 Å². The summed E-state index contributed by atoms with van der Waals surface area (Å²) in [5.74, 6) is -0.257. The van der Waals surface area contributed by atoms with Gasteiger partial charge in [-0.15, -0.1) is 11.3 Å². The Balaban J connectivity index is 1.96. The molecular formula is C13H13N3OS. The van der Waals surface area contributed by atoms with Crippen molar-refractivity contribution in [1.82, 2.24) is 10.4 Å². The number of thiophene rings is 1. The summed E-state index contributed by atoms with van der Waals surface area (Å²) in [4.78, 5) is 18.0. The molecule has 2 rings (SSSR count). The third kappa shape index (κ3) is 3.24. The second-order valence-electron chi connectivity index (χ2n) is 3.84. The van der Waals surface area contributed by atoms with Crippen molar-refractivity contribution in [1.29, 1.82) is 0 Å². The van der Waals surface area contributed by atoms with Gasteiger partial charge in [0.05, 0.1) is 11.8 Å². The van der Waals surface area contributed by atoms with Crippen LogP contribution in [0, 0.1) is 13.8 Å². The quantitative estimate of drug-likeness (QED) is 0.680. The molecule has 0 saturated heterocycles. The number of aryl methyl sites for hydroxylation is 2. The van der Waals surface area contributed by atoms with E-state index in [0.29, 0.717) is 5.56 Å². The van der Waals surface area contributed by atoms with Gasteiger partial charge >= 0.3 is 0 Å². The summed E-state index contributed by atoms with van der Waals surface area (Å²) in [5.41, 5.74) is 3.85. The van der Waals surface area contributed by atoms with Crippen LogP contribution in [0.2, 0.25) is 0 Å². The standard InChI is InChI=1S/C13H13N3OS/c1-9-3-5-11(7-14-9)13(17)16-15-8-12-6-4-10(2)18-12/h3-8H,1-2H3,(H,16,17)/b15-8+. The number of carbonyl (C=O) groups excluding carboxylic acids is 1. The average Bonchev–Trinajstić information content (AvgIpc) is 2.76. The van der Waals surface area contributed by atoms with Gasteiger partial charge in [0.1, 0.15) is 0 Å². The molecule has 0 fully saturated rings. The summed E-state index contributed by atoms with van der Waals surface area (Å²) >= 11 is 1.62. The van der Waals surface area contributed by atoms with E-state index in [1.54, 1.807) is 29.7 Å². The number of pyridine rings is 1. The monoisotopic (exact) mass is 259 g/mol. The lowest BCUT2D eigenvalue weighted by Crippen LogP contribution is -2.17. The van der Waals surface area contributed by atoms with E-state index in [2.05, 4.69) is 15.5 Å². The van der Waals surface area contributed by atoms with E-state index in [1.165, 1.54) is 11.1 Å². The maximum Gasteiger partial charge on any atom is 0.272 e. The lowest BCUT2D eigenvalue weighted by molar-refractivity contribution is 0.0955. The Hall–Kier alpha value is -2.01. The highest BCUT2D eigenvalue weighted by atomic mass is 32.1. The zero-order valence-corrected chi connectivity index (χ0v) is 11.0. The van der Waals surface area contributed by atoms with Crippen molar-refractivity contribution in [3.63, 3.8) is 0 Å². The Morgan fingerprint density at radius 1 is 1.33 bits per heavy atom. The molecule has 0 bridgehead atoms. The molecular weight excluding hydrogens is 246 g/mol. The molecule has 0 aliphatic heterocycles. The highest BCUT2D eigenvalue weighted by Gasteiger charge is 2.03. The second kappa shape index (κ2) is 5.55. The van der Waals surface area contributed by atoms with Gasteiger partial charge in [0.25, 0.3) is 5.91 Å². The van der Waals surface area contributed by atoms with Crippen LogP contribution in [0.4, 0.5) is 0 Å². The first-order chi connectivity index (χ1) is 8.65. The van der Waals surface area contributed by atoms with Crippen LogP contribution in [-0.4, -0.2) is 17.1 Å². The van der Waals surface area contributed by atoms with Gasteiger partial charge in [-0.25, -0.2) is 5.43 Å². The number of rotatable bonds is 3. The molecule has 92 valence electrons. The molecule has 5 heteroatoms. The first-order valence-corrected chi connectivity index (χ1v) is 6.29. The number of nitrogens with zero attached hydrogens (tertiary/aromatic N) is 2. The molecule has 2 heterocycles. The maximum absolute atomic E-state index is 11.7. The minimum Gasteiger partial charge on any atom is -0.267 e. The largest absolute Gasteiger partial charge is 0.272 e. The number of carbonyl (C=O) groups is 1. The van der Waals surface area contributed by atoms with Crippen molar-refractivity contribution >= 4 is 23.5 Å². The fourth-order valence-electron chi connectivity index (χ4n) is 1.34. The van der Waals surface area contributed by atoms with Gasteiger partial charge < -0.3 is 0 Å². The third-order valence-electron chi connectivity index (χ3n) is 2.29. The van der Waals surface area contributed by atoms with Crippen LogP contribution in [0.1, 0.15) is 25.8 Å². The number of hydrogen-bond acceptors (Lipinski definition) is 4. The lowest BCUT2D eigenvalue weighted by Gasteiger charge is -1.99. The van der Waals surface area contributed by atoms with Crippen LogP contribution in [0.25, 0.3) is 0 Å². The molecule has 0 aromatic carbocycles. The van der Waals surface area contributed by atoms with Crippen LogP contribution in [-0.2, 0) is 0 Å². The summed E-state index contributed by atoms with van der Waals surface area (Å²) in [6, 6.07) is 7.49. The number of hydrogen-bond donors (Lipinski definition) is 1. The summed E-state index contributed by atoms with van der Waals surface area (Å²) in [7, 11) is 0. The van der Waals surface area contributed by atoms with Crippen LogP contribution >= 0.6 is 11.3 Å². The molecule has 0 spiro atoms. The van der Waals surface area contributed by atoms with Gasteiger partial charge in [-0.2, -0.15) is 5.10 Å². The first-order valence-electron chi connectivity index (χ1n) is 5.47. The van der Waals surface area contributed by atoms with Crippen LogP contribution in [0.15, 0.2) is 35.6 Å². The van der Waals surface area contributed by atoms with Gasteiger partial charge in [0.15, 0.2) is 0 Å². The fraction of sp³-hybridized carbons (Fsp3) is 0.154. The predicted molar refractivity (Wildman–Crippen MR) is 73.1 cm³/mol. The smallest absolute Gasteiger partial charge is 0.267 e. The number of aromatic nitrogens is 1. The van der Waals surface area contributed by atoms with Gasteiger partial charge in [-0.3, -0.25) is 9.78 Å². The van der Waals surface area contributed by atoms with Crippen LogP contribution < -0.4 is 5.43 Å². The normalized spacial score (nSPS) is 10.8. The molecule has 0 saturated carbocycles. The van der Waals surface area contributed by atoms with Crippen molar-refractivity contribution < 1.29 is 4.79 Å². The van der Waals surface area contributed by atoms with Crippen molar-refractivity contribution in [2.24, 2.45) is 5.10 Å². The minimum absolute atomic E-state index is 0.257. The lowest BCUT2D eigenvalue weighted by atomic mass is 10.2. The van der Waals surface area contributed by atoms with Crippen molar-refractivity contribution in [3.8, 4) is 0 Å². The Morgan fingerprint density at radius 2 is 2.17 bits per heavy atom. The highest BCUT2D eigenvalue weighted by molar-refractivity contribution is 7.13. The number of amides is 1. The summed E-state index contributed by atoms with van der Waals surface area (Å²) < 4.78 is 0. The minimum atomic E-state index is -0.257. The number of hydrazone groups is 1. The molecule has 0 aliphatic carbocycles. The van der Waals surface area contributed by atoms with Crippen molar-refractivity contribution in [2.45, 2.75) is 13.8 Å².